The number of amides is 1. The zero-order valence-electron chi connectivity index (χ0n) is 14.5. The van der Waals surface area contributed by atoms with E-state index < -0.39 is 0 Å². The van der Waals surface area contributed by atoms with Crippen molar-refractivity contribution in [1.29, 1.82) is 0 Å². The molecule has 0 aliphatic rings. The predicted molar refractivity (Wildman–Crippen MR) is 117 cm³/mol. The average molecular weight is 476 g/mol. The molecule has 10 heteroatoms. The normalized spacial score (nSPS) is 10.9. The van der Waals surface area contributed by atoms with Crippen molar-refractivity contribution in [2.24, 2.45) is 0 Å². The van der Waals surface area contributed by atoms with Crippen molar-refractivity contribution in [3.63, 3.8) is 0 Å². The molecule has 0 aliphatic heterocycles. The quantitative estimate of drug-likeness (QED) is 0.335. The molecule has 0 saturated carbocycles. The summed E-state index contributed by atoms with van der Waals surface area (Å²) in [7, 11) is 0. The van der Waals surface area contributed by atoms with E-state index in [1.165, 1.54) is 23.9 Å². The highest BCUT2D eigenvalue weighted by Crippen LogP contribution is 2.32. The van der Waals surface area contributed by atoms with Crippen molar-refractivity contribution in [1.82, 2.24) is 14.8 Å². The van der Waals surface area contributed by atoms with Crippen LogP contribution in [0.2, 0.25) is 20.1 Å². The van der Waals surface area contributed by atoms with Crippen LogP contribution in [0.15, 0.2) is 41.6 Å². The number of carbonyl (C=O) groups excluding carboxylic acids is 1. The summed E-state index contributed by atoms with van der Waals surface area (Å²) >= 11 is 25.2. The van der Waals surface area contributed by atoms with Crippen molar-refractivity contribution >= 4 is 69.8 Å². The van der Waals surface area contributed by atoms with Crippen LogP contribution in [0.4, 0.5) is 5.69 Å². The Morgan fingerprint density at radius 3 is 2.39 bits per heavy atom. The van der Waals surface area contributed by atoms with Gasteiger partial charge in [0.2, 0.25) is 5.91 Å². The predicted octanol–water partition coefficient (Wildman–Crippen LogP) is 6.31. The highest BCUT2D eigenvalue weighted by atomic mass is 35.5. The number of rotatable bonds is 6. The Kier molecular flexibility index (Phi) is 7.12. The molecule has 5 nitrogen and oxygen atoms in total. The van der Waals surface area contributed by atoms with Gasteiger partial charge in [-0.15, -0.1) is 10.2 Å². The first-order chi connectivity index (χ1) is 13.4. The standard InChI is InChI=1S/C18H14Cl4N4OS/c1-2-26-17(10-3-5-11(19)6-4-10)24-25-18(26)28-9-16(27)23-15-8-13(21)12(20)7-14(15)22/h3-8H,2,9H2,1H3,(H,23,27). The number of carbonyl (C=O) groups is 1. The number of benzene rings is 2. The topological polar surface area (TPSA) is 59.8 Å². The number of anilines is 1. The molecule has 3 aromatic rings. The van der Waals surface area contributed by atoms with E-state index >= 15 is 0 Å². The second-order valence-electron chi connectivity index (χ2n) is 5.64. The van der Waals surface area contributed by atoms with Crippen LogP contribution >= 0.6 is 58.2 Å². The van der Waals surface area contributed by atoms with Crippen molar-refractivity contribution in [3.8, 4) is 11.4 Å². The Bertz CT molecular complexity index is 1010. The van der Waals surface area contributed by atoms with Gasteiger partial charge in [0.1, 0.15) is 0 Å². The maximum absolute atomic E-state index is 12.3. The Morgan fingerprint density at radius 2 is 1.71 bits per heavy atom. The van der Waals surface area contributed by atoms with E-state index in [0.717, 1.165) is 11.4 Å². The van der Waals surface area contributed by atoms with E-state index in [9.17, 15) is 4.79 Å². The van der Waals surface area contributed by atoms with Gasteiger partial charge in [-0.2, -0.15) is 0 Å². The van der Waals surface area contributed by atoms with Crippen LogP contribution in [-0.2, 0) is 11.3 Å². The first-order valence-electron chi connectivity index (χ1n) is 8.15. The fourth-order valence-electron chi connectivity index (χ4n) is 2.43. The van der Waals surface area contributed by atoms with Gasteiger partial charge in [0, 0.05) is 17.1 Å². The Morgan fingerprint density at radius 1 is 1.04 bits per heavy atom. The molecule has 0 bridgehead atoms. The molecule has 3 rings (SSSR count). The fraction of sp³-hybridized carbons (Fsp3) is 0.167. The lowest BCUT2D eigenvalue weighted by Crippen LogP contribution is -2.15. The number of hydrogen-bond acceptors (Lipinski definition) is 4. The van der Waals surface area contributed by atoms with Gasteiger partial charge < -0.3 is 9.88 Å². The third kappa shape index (κ3) is 4.93. The van der Waals surface area contributed by atoms with Crippen LogP contribution in [-0.4, -0.2) is 26.4 Å². The number of thioether (sulfide) groups is 1. The highest BCUT2D eigenvalue weighted by Gasteiger charge is 2.15. The van der Waals surface area contributed by atoms with Gasteiger partial charge in [0.05, 0.1) is 26.5 Å². The maximum atomic E-state index is 12.3. The van der Waals surface area contributed by atoms with E-state index in [1.807, 2.05) is 23.6 Å². The van der Waals surface area contributed by atoms with E-state index in [2.05, 4.69) is 15.5 Å². The molecule has 146 valence electrons. The van der Waals surface area contributed by atoms with Crippen molar-refractivity contribution in [3.05, 3.63) is 56.5 Å². The molecule has 1 amide bonds. The van der Waals surface area contributed by atoms with E-state index in [4.69, 9.17) is 46.4 Å². The van der Waals surface area contributed by atoms with Crippen LogP contribution in [0.1, 0.15) is 6.92 Å². The first-order valence-corrected chi connectivity index (χ1v) is 10.6. The van der Waals surface area contributed by atoms with Crippen molar-refractivity contribution in [2.45, 2.75) is 18.6 Å². The highest BCUT2D eigenvalue weighted by molar-refractivity contribution is 7.99. The van der Waals surface area contributed by atoms with Crippen LogP contribution in [0.25, 0.3) is 11.4 Å². The second kappa shape index (κ2) is 9.37. The largest absolute Gasteiger partial charge is 0.324 e. The monoisotopic (exact) mass is 474 g/mol. The van der Waals surface area contributed by atoms with E-state index in [0.29, 0.717) is 37.5 Å². The van der Waals surface area contributed by atoms with E-state index in [-0.39, 0.29) is 11.7 Å². The van der Waals surface area contributed by atoms with E-state index in [1.54, 1.807) is 12.1 Å². The maximum Gasteiger partial charge on any atom is 0.234 e. The van der Waals surface area contributed by atoms with Gasteiger partial charge in [0.25, 0.3) is 0 Å². The summed E-state index contributed by atoms with van der Waals surface area (Å²) in [5.74, 6) is 0.605. The molecule has 0 fully saturated rings. The molecule has 28 heavy (non-hydrogen) atoms. The summed E-state index contributed by atoms with van der Waals surface area (Å²) in [6, 6.07) is 10.4. The summed E-state index contributed by atoms with van der Waals surface area (Å²) in [5, 5.41) is 13.4. The van der Waals surface area contributed by atoms with Gasteiger partial charge >= 0.3 is 0 Å². The summed E-state index contributed by atoms with van der Waals surface area (Å²) in [4.78, 5) is 12.3. The van der Waals surface area contributed by atoms with Crippen molar-refractivity contribution < 1.29 is 4.79 Å². The minimum atomic E-state index is -0.246. The second-order valence-corrected chi connectivity index (χ2v) is 8.24. The smallest absolute Gasteiger partial charge is 0.234 e. The number of nitrogens with one attached hydrogen (secondary N) is 1. The number of halogens is 4. The third-order valence-corrected chi connectivity index (χ3v) is 6.01. The molecule has 0 radical (unpaired) electrons. The minimum absolute atomic E-state index is 0.134. The van der Waals surface area contributed by atoms with Crippen LogP contribution in [0.3, 0.4) is 0 Å². The summed E-state index contributed by atoms with van der Waals surface area (Å²) < 4.78 is 1.94. The molecule has 1 heterocycles. The lowest BCUT2D eigenvalue weighted by atomic mass is 10.2. The van der Waals surface area contributed by atoms with Crippen LogP contribution < -0.4 is 5.32 Å². The molecule has 0 atom stereocenters. The molecular formula is C18H14Cl4N4OS. The zero-order chi connectivity index (χ0) is 20.3. The molecule has 0 spiro atoms. The Hall–Kier alpha value is -1.44. The molecule has 0 unspecified atom stereocenters. The molecular weight excluding hydrogens is 462 g/mol. The van der Waals surface area contributed by atoms with Gasteiger partial charge in [-0.3, -0.25) is 4.79 Å². The van der Waals surface area contributed by atoms with Crippen LogP contribution in [0, 0.1) is 0 Å². The molecule has 2 aromatic carbocycles. The molecule has 1 N–H and O–H groups in total. The lowest BCUT2D eigenvalue weighted by Gasteiger charge is -2.09. The van der Waals surface area contributed by atoms with Gasteiger partial charge in [0.15, 0.2) is 11.0 Å². The Labute approximate surface area is 186 Å². The number of hydrogen-bond donors (Lipinski definition) is 1. The van der Waals surface area contributed by atoms with Gasteiger partial charge in [-0.05, 0) is 43.3 Å². The minimum Gasteiger partial charge on any atom is -0.324 e. The third-order valence-electron chi connectivity index (χ3n) is 3.75. The molecule has 0 saturated heterocycles. The number of nitrogens with zero attached hydrogens (tertiary/aromatic N) is 3. The summed E-state index contributed by atoms with van der Waals surface area (Å²) in [5.41, 5.74) is 1.30. The van der Waals surface area contributed by atoms with Crippen molar-refractivity contribution in [2.75, 3.05) is 11.1 Å². The SMILES string of the molecule is CCn1c(SCC(=O)Nc2cc(Cl)c(Cl)cc2Cl)nnc1-c1ccc(Cl)cc1. The van der Waals surface area contributed by atoms with Crippen LogP contribution in [0.5, 0.6) is 0 Å². The zero-order valence-corrected chi connectivity index (χ0v) is 18.4. The summed E-state index contributed by atoms with van der Waals surface area (Å²) in [6.07, 6.45) is 0. The van der Waals surface area contributed by atoms with Gasteiger partial charge in [-0.25, -0.2) is 0 Å². The summed E-state index contributed by atoms with van der Waals surface area (Å²) in [6.45, 7) is 2.65. The average Bonchev–Trinajstić information content (AvgIpc) is 3.08. The Balaban J connectivity index is 1.70. The molecule has 1 aromatic heterocycles. The lowest BCUT2D eigenvalue weighted by molar-refractivity contribution is -0.113. The van der Waals surface area contributed by atoms with Gasteiger partial charge in [-0.1, -0.05) is 58.2 Å². The first kappa shape index (κ1) is 21.3. The molecule has 0 aliphatic carbocycles. The fourth-order valence-corrected chi connectivity index (χ4v) is 3.95. The number of aromatic nitrogens is 3.